The van der Waals surface area contributed by atoms with E-state index in [9.17, 15) is 13.2 Å². The summed E-state index contributed by atoms with van der Waals surface area (Å²) in [6, 6.07) is 13.5. The third-order valence-corrected chi connectivity index (χ3v) is 4.98. The summed E-state index contributed by atoms with van der Waals surface area (Å²) in [6.07, 6.45) is 0. The summed E-state index contributed by atoms with van der Waals surface area (Å²) in [5.41, 5.74) is 0.978. The summed E-state index contributed by atoms with van der Waals surface area (Å²) in [4.78, 5) is 12.0. The van der Waals surface area contributed by atoms with Crippen LogP contribution in [0.3, 0.4) is 0 Å². The predicted octanol–water partition coefficient (Wildman–Crippen LogP) is 1.48. The molecule has 0 fully saturated rings. The van der Waals surface area contributed by atoms with Crippen LogP contribution in [0.2, 0.25) is 0 Å². The highest BCUT2D eigenvalue weighted by molar-refractivity contribution is 7.89. The molecule has 7 nitrogen and oxygen atoms in total. The Morgan fingerprint density at radius 2 is 1.65 bits per heavy atom. The van der Waals surface area contributed by atoms with Crippen LogP contribution in [-0.4, -0.2) is 41.1 Å². The second-order valence-corrected chi connectivity index (χ2v) is 7.27. The van der Waals surface area contributed by atoms with E-state index in [-0.39, 0.29) is 30.5 Å². The maximum absolute atomic E-state index is 12.1. The summed E-state index contributed by atoms with van der Waals surface area (Å²) in [5.74, 6) is 0.641. The second kappa shape index (κ2) is 9.21. The molecule has 2 aromatic rings. The van der Waals surface area contributed by atoms with E-state index in [1.807, 2.05) is 6.92 Å². The van der Waals surface area contributed by atoms with Gasteiger partial charge in [0.05, 0.1) is 12.0 Å². The summed E-state index contributed by atoms with van der Waals surface area (Å²) >= 11 is 0. The van der Waals surface area contributed by atoms with Crippen LogP contribution >= 0.6 is 0 Å². The first-order chi connectivity index (χ1) is 12.4. The van der Waals surface area contributed by atoms with Crippen LogP contribution in [-0.2, 0) is 14.8 Å². The van der Waals surface area contributed by atoms with Crippen molar-refractivity contribution in [1.82, 2.24) is 10.0 Å². The van der Waals surface area contributed by atoms with Crippen molar-refractivity contribution in [2.45, 2.75) is 11.8 Å². The number of amides is 1. The lowest BCUT2D eigenvalue weighted by molar-refractivity contribution is -0.123. The minimum absolute atomic E-state index is 0.0800. The largest absolute Gasteiger partial charge is 0.493 e. The third kappa shape index (κ3) is 5.75. The number of carbonyl (C=O) groups excluding carboxylic acids is 1. The SMILES string of the molecule is COc1ccccc1OCC(=O)NCCNS(=O)(=O)c1ccc(C)cc1. The standard InChI is InChI=1S/C18H22N2O5S/c1-14-7-9-15(10-8-14)26(22,23)20-12-11-19-18(21)13-25-17-6-4-3-5-16(17)24-2/h3-10,20H,11-13H2,1-2H3,(H,19,21). The molecule has 0 unspecified atom stereocenters. The van der Waals surface area contributed by atoms with Crippen LogP contribution in [0.4, 0.5) is 0 Å². The fraction of sp³-hybridized carbons (Fsp3) is 0.278. The predicted molar refractivity (Wildman–Crippen MR) is 97.9 cm³/mol. The number of ether oxygens (including phenoxy) is 2. The Bertz CT molecular complexity index is 835. The lowest BCUT2D eigenvalue weighted by Gasteiger charge is -2.11. The molecule has 0 radical (unpaired) electrons. The molecular formula is C18H22N2O5S. The van der Waals surface area contributed by atoms with Gasteiger partial charge in [0.15, 0.2) is 18.1 Å². The Morgan fingerprint density at radius 1 is 1.00 bits per heavy atom. The number of sulfonamides is 1. The van der Waals surface area contributed by atoms with Gasteiger partial charge in [-0.05, 0) is 31.2 Å². The van der Waals surface area contributed by atoms with Gasteiger partial charge in [0.25, 0.3) is 5.91 Å². The number of para-hydroxylation sites is 2. The molecule has 0 spiro atoms. The number of nitrogens with one attached hydrogen (secondary N) is 2. The summed E-state index contributed by atoms with van der Waals surface area (Å²) in [7, 11) is -2.07. The molecule has 0 aliphatic rings. The molecule has 0 saturated carbocycles. The highest BCUT2D eigenvalue weighted by Crippen LogP contribution is 2.25. The van der Waals surface area contributed by atoms with Gasteiger partial charge in [-0.2, -0.15) is 0 Å². The Kier molecular flexibility index (Phi) is 6.99. The van der Waals surface area contributed by atoms with Crippen molar-refractivity contribution in [1.29, 1.82) is 0 Å². The number of aryl methyl sites for hydroxylation is 1. The van der Waals surface area contributed by atoms with E-state index in [4.69, 9.17) is 9.47 Å². The number of methoxy groups -OCH3 is 1. The van der Waals surface area contributed by atoms with Crippen molar-refractivity contribution in [3.8, 4) is 11.5 Å². The van der Waals surface area contributed by atoms with E-state index < -0.39 is 10.0 Å². The van der Waals surface area contributed by atoms with E-state index >= 15 is 0 Å². The molecule has 8 heteroatoms. The zero-order valence-electron chi connectivity index (χ0n) is 14.7. The van der Waals surface area contributed by atoms with Crippen molar-refractivity contribution >= 4 is 15.9 Å². The Hall–Kier alpha value is -2.58. The topological polar surface area (TPSA) is 93.7 Å². The monoisotopic (exact) mass is 378 g/mol. The van der Waals surface area contributed by atoms with E-state index in [1.165, 1.54) is 19.2 Å². The van der Waals surface area contributed by atoms with Gasteiger partial charge in [0.1, 0.15) is 0 Å². The number of hydrogen-bond donors (Lipinski definition) is 2. The molecule has 0 saturated heterocycles. The minimum Gasteiger partial charge on any atom is -0.493 e. The number of hydrogen-bond acceptors (Lipinski definition) is 5. The van der Waals surface area contributed by atoms with Crippen molar-refractivity contribution in [3.63, 3.8) is 0 Å². The molecule has 0 atom stereocenters. The van der Waals surface area contributed by atoms with Crippen molar-refractivity contribution in [2.24, 2.45) is 0 Å². The second-order valence-electron chi connectivity index (χ2n) is 5.50. The molecule has 2 N–H and O–H groups in total. The average molecular weight is 378 g/mol. The highest BCUT2D eigenvalue weighted by atomic mass is 32.2. The summed E-state index contributed by atoms with van der Waals surface area (Å²) in [6.45, 7) is 1.92. The van der Waals surface area contributed by atoms with Crippen LogP contribution in [0.5, 0.6) is 11.5 Å². The first kappa shape index (κ1) is 19.7. The van der Waals surface area contributed by atoms with Gasteiger partial charge in [-0.3, -0.25) is 4.79 Å². The lowest BCUT2D eigenvalue weighted by Crippen LogP contribution is -2.36. The number of carbonyl (C=O) groups is 1. The Labute approximate surface area is 153 Å². The lowest BCUT2D eigenvalue weighted by atomic mass is 10.2. The molecule has 2 aromatic carbocycles. The molecule has 0 aliphatic carbocycles. The van der Waals surface area contributed by atoms with Gasteiger partial charge >= 0.3 is 0 Å². The molecule has 0 aromatic heterocycles. The first-order valence-corrected chi connectivity index (χ1v) is 9.49. The third-order valence-electron chi connectivity index (χ3n) is 3.50. The highest BCUT2D eigenvalue weighted by Gasteiger charge is 2.13. The van der Waals surface area contributed by atoms with Gasteiger partial charge in [-0.25, -0.2) is 13.1 Å². The van der Waals surface area contributed by atoms with Gasteiger partial charge in [-0.1, -0.05) is 29.8 Å². The zero-order chi connectivity index (χ0) is 19.0. The van der Waals surface area contributed by atoms with E-state index in [0.29, 0.717) is 11.5 Å². The Morgan fingerprint density at radius 3 is 2.31 bits per heavy atom. The molecule has 140 valence electrons. The summed E-state index contributed by atoms with van der Waals surface area (Å²) in [5, 5.41) is 2.59. The van der Waals surface area contributed by atoms with Crippen LogP contribution in [0, 0.1) is 6.92 Å². The fourth-order valence-corrected chi connectivity index (χ4v) is 3.15. The van der Waals surface area contributed by atoms with Gasteiger partial charge in [-0.15, -0.1) is 0 Å². The quantitative estimate of drug-likeness (QED) is 0.645. The first-order valence-electron chi connectivity index (χ1n) is 8.01. The number of rotatable bonds is 9. The maximum Gasteiger partial charge on any atom is 0.257 e. The molecule has 0 bridgehead atoms. The van der Waals surface area contributed by atoms with Crippen LogP contribution in [0.1, 0.15) is 5.56 Å². The van der Waals surface area contributed by atoms with Crippen molar-refractivity contribution in [2.75, 3.05) is 26.8 Å². The van der Waals surface area contributed by atoms with E-state index in [2.05, 4.69) is 10.0 Å². The minimum atomic E-state index is -3.59. The Balaban J connectivity index is 1.74. The van der Waals surface area contributed by atoms with Crippen molar-refractivity contribution < 1.29 is 22.7 Å². The van der Waals surface area contributed by atoms with E-state index in [1.54, 1.807) is 36.4 Å². The van der Waals surface area contributed by atoms with Crippen molar-refractivity contribution in [3.05, 3.63) is 54.1 Å². The molecule has 0 heterocycles. The zero-order valence-corrected chi connectivity index (χ0v) is 15.5. The number of benzene rings is 2. The van der Waals surface area contributed by atoms with Crippen LogP contribution in [0.25, 0.3) is 0 Å². The maximum atomic E-state index is 12.1. The van der Waals surface area contributed by atoms with Gasteiger partial charge in [0.2, 0.25) is 10.0 Å². The molecule has 0 aliphatic heterocycles. The van der Waals surface area contributed by atoms with Crippen LogP contribution in [0.15, 0.2) is 53.4 Å². The molecule has 1 amide bonds. The normalized spacial score (nSPS) is 11.0. The molecule has 2 rings (SSSR count). The average Bonchev–Trinajstić information content (AvgIpc) is 2.64. The molecular weight excluding hydrogens is 356 g/mol. The fourth-order valence-electron chi connectivity index (χ4n) is 2.12. The van der Waals surface area contributed by atoms with Crippen LogP contribution < -0.4 is 19.5 Å². The van der Waals surface area contributed by atoms with Gasteiger partial charge in [0, 0.05) is 13.1 Å². The summed E-state index contributed by atoms with van der Waals surface area (Å²) < 4.78 is 37.2. The van der Waals surface area contributed by atoms with E-state index in [0.717, 1.165) is 5.56 Å². The molecule has 26 heavy (non-hydrogen) atoms. The van der Waals surface area contributed by atoms with Gasteiger partial charge < -0.3 is 14.8 Å². The smallest absolute Gasteiger partial charge is 0.257 e.